The second-order valence-electron chi connectivity index (χ2n) is 6.01. The highest BCUT2D eigenvalue weighted by molar-refractivity contribution is 5.73. The molecule has 1 N–H and O–H groups in total. The number of anilines is 3. The highest BCUT2D eigenvalue weighted by atomic mass is 16.5. The zero-order valence-corrected chi connectivity index (χ0v) is 14.8. The summed E-state index contributed by atoms with van der Waals surface area (Å²) < 4.78 is 5.37. The van der Waals surface area contributed by atoms with E-state index < -0.39 is 0 Å². The van der Waals surface area contributed by atoms with Crippen LogP contribution in [0.15, 0.2) is 30.3 Å². The van der Waals surface area contributed by atoms with Crippen LogP contribution in [0.2, 0.25) is 0 Å². The van der Waals surface area contributed by atoms with Crippen LogP contribution < -0.4 is 15.0 Å². The molecule has 1 aliphatic rings. The predicted molar refractivity (Wildman–Crippen MR) is 97.5 cm³/mol. The lowest BCUT2D eigenvalue weighted by Crippen LogP contribution is -2.48. The number of hydrogen-bond acceptors (Lipinski definition) is 6. The molecule has 2 heterocycles. The van der Waals surface area contributed by atoms with Gasteiger partial charge in [-0.2, -0.15) is 4.98 Å². The third kappa shape index (κ3) is 3.99. The van der Waals surface area contributed by atoms with Gasteiger partial charge in [-0.3, -0.25) is 4.79 Å². The van der Waals surface area contributed by atoms with Crippen molar-refractivity contribution in [1.82, 2.24) is 14.9 Å². The first-order chi connectivity index (χ1) is 12.1. The molecule has 1 aromatic heterocycles. The molecule has 0 saturated carbocycles. The summed E-state index contributed by atoms with van der Waals surface area (Å²) in [4.78, 5) is 24.6. The molecule has 0 spiro atoms. The van der Waals surface area contributed by atoms with Gasteiger partial charge in [-0.25, -0.2) is 4.98 Å². The van der Waals surface area contributed by atoms with E-state index in [2.05, 4.69) is 20.2 Å². The molecule has 0 atom stereocenters. The Morgan fingerprint density at radius 2 is 1.88 bits per heavy atom. The van der Waals surface area contributed by atoms with E-state index in [1.54, 1.807) is 14.0 Å². The average Bonchev–Trinajstić information content (AvgIpc) is 2.62. The molecule has 0 bridgehead atoms. The molecule has 2 aromatic rings. The van der Waals surface area contributed by atoms with Crippen molar-refractivity contribution in [2.24, 2.45) is 0 Å². The van der Waals surface area contributed by atoms with E-state index in [1.165, 1.54) is 0 Å². The smallest absolute Gasteiger partial charge is 0.227 e. The quantitative estimate of drug-likeness (QED) is 0.919. The number of nitrogens with one attached hydrogen (secondary N) is 1. The number of rotatable bonds is 4. The fraction of sp³-hybridized carbons (Fsp3) is 0.389. The van der Waals surface area contributed by atoms with Crippen molar-refractivity contribution in [1.29, 1.82) is 0 Å². The summed E-state index contributed by atoms with van der Waals surface area (Å²) in [5.41, 5.74) is 1.74. The van der Waals surface area contributed by atoms with Crippen LogP contribution >= 0.6 is 0 Å². The van der Waals surface area contributed by atoms with Gasteiger partial charge in [-0.05, 0) is 19.1 Å². The van der Waals surface area contributed by atoms with Crippen molar-refractivity contribution in [2.45, 2.75) is 13.8 Å². The van der Waals surface area contributed by atoms with Crippen LogP contribution in [0, 0.1) is 6.92 Å². The number of carbonyl (C=O) groups is 1. The lowest BCUT2D eigenvalue weighted by molar-refractivity contribution is -0.129. The SMILES string of the molecule is COc1ccccc1Nc1cc(C)nc(N2CCN(C(C)=O)CC2)n1. The van der Waals surface area contributed by atoms with E-state index in [1.807, 2.05) is 42.2 Å². The average molecular weight is 341 g/mol. The summed E-state index contributed by atoms with van der Waals surface area (Å²) in [6, 6.07) is 9.62. The second kappa shape index (κ2) is 7.38. The minimum absolute atomic E-state index is 0.114. The number of nitrogens with zero attached hydrogens (tertiary/aromatic N) is 4. The molecule has 1 saturated heterocycles. The van der Waals surface area contributed by atoms with Gasteiger partial charge in [0, 0.05) is 44.9 Å². The van der Waals surface area contributed by atoms with Gasteiger partial charge in [0.2, 0.25) is 11.9 Å². The van der Waals surface area contributed by atoms with Gasteiger partial charge in [0.05, 0.1) is 12.8 Å². The van der Waals surface area contributed by atoms with Gasteiger partial charge in [0.15, 0.2) is 0 Å². The molecule has 7 nitrogen and oxygen atoms in total. The topological polar surface area (TPSA) is 70.6 Å². The summed E-state index contributed by atoms with van der Waals surface area (Å²) >= 11 is 0. The lowest BCUT2D eigenvalue weighted by atomic mass is 10.3. The van der Waals surface area contributed by atoms with Crippen molar-refractivity contribution in [2.75, 3.05) is 43.5 Å². The Kier molecular flexibility index (Phi) is 5.02. The third-order valence-corrected chi connectivity index (χ3v) is 4.22. The second-order valence-corrected chi connectivity index (χ2v) is 6.01. The predicted octanol–water partition coefficient (Wildman–Crippen LogP) is 2.21. The van der Waals surface area contributed by atoms with E-state index in [-0.39, 0.29) is 5.91 Å². The van der Waals surface area contributed by atoms with Gasteiger partial charge >= 0.3 is 0 Å². The number of aromatic nitrogens is 2. The molecule has 1 fully saturated rings. The van der Waals surface area contributed by atoms with E-state index >= 15 is 0 Å². The Hall–Kier alpha value is -2.83. The summed E-state index contributed by atoms with van der Waals surface area (Å²) in [6.45, 7) is 6.41. The number of carbonyl (C=O) groups excluding carboxylic acids is 1. The molecule has 0 unspecified atom stereocenters. The molecular weight excluding hydrogens is 318 g/mol. The molecule has 1 aliphatic heterocycles. The Morgan fingerprint density at radius 1 is 1.16 bits per heavy atom. The standard InChI is InChI=1S/C18H23N5O2/c1-13-12-17(20-15-6-4-5-7-16(15)25-3)21-18(19-13)23-10-8-22(9-11-23)14(2)24/h4-7,12H,8-11H2,1-3H3,(H,19,20,21). The van der Waals surface area contributed by atoms with Gasteiger partial charge in [-0.15, -0.1) is 0 Å². The van der Waals surface area contributed by atoms with Crippen molar-refractivity contribution >= 4 is 23.4 Å². The highest BCUT2D eigenvalue weighted by Gasteiger charge is 2.21. The molecule has 25 heavy (non-hydrogen) atoms. The maximum absolute atomic E-state index is 11.5. The van der Waals surface area contributed by atoms with Crippen LogP contribution in [-0.2, 0) is 4.79 Å². The zero-order valence-electron chi connectivity index (χ0n) is 14.8. The Bertz CT molecular complexity index is 757. The molecule has 3 rings (SSSR count). The molecule has 7 heteroatoms. The molecule has 132 valence electrons. The first kappa shape index (κ1) is 17.0. The molecule has 0 radical (unpaired) electrons. The largest absolute Gasteiger partial charge is 0.495 e. The number of aryl methyl sites for hydroxylation is 1. The number of amides is 1. The molecule has 0 aliphatic carbocycles. The molecular formula is C18H23N5O2. The third-order valence-electron chi connectivity index (χ3n) is 4.22. The van der Waals surface area contributed by atoms with Gasteiger partial charge < -0.3 is 19.9 Å². The maximum atomic E-state index is 11.5. The Labute approximate surface area is 147 Å². The normalized spacial score (nSPS) is 14.4. The van der Waals surface area contributed by atoms with Crippen molar-refractivity contribution in [3.05, 3.63) is 36.0 Å². The van der Waals surface area contributed by atoms with Crippen LogP contribution in [0.4, 0.5) is 17.5 Å². The highest BCUT2D eigenvalue weighted by Crippen LogP contribution is 2.27. The summed E-state index contributed by atoms with van der Waals surface area (Å²) in [7, 11) is 1.64. The van der Waals surface area contributed by atoms with Crippen molar-refractivity contribution in [3.63, 3.8) is 0 Å². The van der Waals surface area contributed by atoms with Gasteiger partial charge in [0.1, 0.15) is 11.6 Å². The van der Waals surface area contributed by atoms with Gasteiger partial charge in [-0.1, -0.05) is 12.1 Å². The Morgan fingerprint density at radius 3 is 2.56 bits per heavy atom. The van der Waals surface area contributed by atoms with Crippen molar-refractivity contribution < 1.29 is 9.53 Å². The fourth-order valence-electron chi connectivity index (χ4n) is 2.87. The van der Waals surface area contributed by atoms with Crippen LogP contribution in [0.5, 0.6) is 5.75 Å². The van der Waals surface area contributed by atoms with Crippen molar-refractivity contribution in [3.8, 4) is 5.75 Å². The fourth-order valence-corrected chi connectivity index (χ4v) is 2.87. The number of benzene rings is 1. The minimum Gasteiger partial charge on any atom is -0.495 e. The lowest BCUT2D eigenvalue weighted by Gasteiger charge is -2.34. The van der Waals surface area contributed by atoms with Crippen LogP contribution in [0.3, 0.4) is 0 Å². The van der Waals surface area contributed by atoms with E-state index in [0.29, 0.717) is 19.0 Å². The molecule has 1 amide bonds. The first-order valence-electron chi connectivity index (χ1n) is 8.33. The minimum atomic E-state index is 0.114. The van der Waals surface area contributed by atoms with E-state index in [4.69, 9.17) is 4.74 Å². The number of para-hydroxylation sites is 2. The van der Waals surface area contributed by atoms with E-state index in [9.17, 15) is 4.79 Å². The van der Waals surface area contributed by atoms with Crippen LogP contribution in [0.1, 0.15) is 12.6 Å². The van der Waals surface area contributed by atoms with Crippen LogP contribution in [-0.4, -0.2) is 54.1 Å². The maximum Gasteiger partial charge on any atom is 0.227 e. The van der Waals surface area contributed by atoms with Crippen LogP contribution in [0.25, 0.3) is 0 Å². The summed E-state index contributed by atoms with van der Waals surface area (Å²) in [5, 5.41) is 3.30. The number of hydrogen-bond donors (Lipinski definition) is 1. The summed E-state index contributed by atoms with van der Waals surface area (Å²) in [6.07, 6.45) is 0. The number of methoxy groups -OCH3 is 1. The number of ether oxygens (including phenoxy) is 1. The first-order valence-corrected chi connectivity index (χ1v) is 8.33. The molecule has 1 aromatic carbocycles. The zero-order chi connectivity index (χ0) is 17.8. The monoisotopic (exact) mass is 341 g/mol. The summed E-state index contributed by atoms with van der Waals surface area (Å²) in [5.74, 6) is 2.28. The van der Waals surface area contributed by atoms with Gasteiger partial charge in [0.25, 0.3) is 0 Å². The number of piperazine rings is 1. The Balaban J connectivity index is 1.78. The van der Waals surface area contributed by atoms with E-state index in [0.717, 1.165) is 36.0 Å².